The van der Waals surface area contributed by atoms with Crippen molar-refractivity contribution in [3.05, 3.63) is 28.9 Å². The van der Waals surface area contributed by atoms with E-state index in [4.69, 9.17) is 0 Å². The van der Waals surface area contributed by atoms with Crippen LogP contribution in [0, 0.1) is 5.92 Å². The highest BCUT2D eigenvalue weighted by atomic mass is 79.9. The van der Waals surface area contributed by atoms with Crippen molar-refractivity contribution in [3.8, 4) is 0 Å². The van der Waals surface area contributed by atoms with Gasteiger partial charge in [-0.15, -0.1) is 0 Å². The van der Waals surface area contributed by atoms with Gasteiger partial charge in [0.25, 0.3) is 0 Å². The molecule has 0 saturated heterocycles. The highest BCUT2D eigenvalue weighted by molar-refractivity contribution is 9.10. The van der Waals surface area contributed by atoms with Crippen molar-refractivity contribution in [2.24, 2.45) is 5.92 Å². The number of hydrogen-bond donors (Lipinski definition) is 1. The van der Waals surface area contributed by atoms with Gasteiger partial charge in [-0.3, -0.25) is 0 Å². The summed E-state index contributed by atoms with van der Waals surface area (Å²) in [6, 6.07) is 6.59. The molecule has 1 heterocycles. The van der Waals surface area contributed by atoms with E-state index in [1.807, 2.05) is 24.4 Å². The summed E-state index contributed by atoms with van der Waals surface area (Å²) >= 11 is 3.46. The minimum absolute atomic E-state index is 0.526. The summed E-state index contributed by atoms with van der Waals surface area (Å²) in [6.07, 6.45) is 5.72. The second-order valence-electron chi connectivity index (χ2n) is 5.06. The molecule has 18 heavy (non-hydrogen) atoms. The normalized spacial score (nSPS) is 23.4. The van der Waals surface area contributed by atoms with Gasteiger partial charge in [-0.1, -0.05) is 29.3 Å². The highest BCUT2D eigenvalue weighted by Gasteiger charge is 2.23. The number of anilines is 1. The van der Waals surface area contributed by atoms with Crippen LogP contribution in [-0.2, 0) is 0 Å². The smallest absolute Gasteiger partial charge is 0.223 e. The molecule has 0 aliphatic heterocycles. The molecule has 0 radical (unpaired) electrons. The largest absolute Gasteiger partial charge is 0.351 e. The van der Waals surface area contributed by atoms with Crippen LogP contribution in [0.15, 0.2) is 28.9 Å². The van der Waals surface area contributed by atoms with E-state index in [2.05, 4.69) is 38.1 Å². The van der Waals surface area contributed by atoms with Crippen LogP contribution in [-0.4, -0.2) is 16.0 Å². The molecule has 0 spiro atoms. The average Bonchev–Trinajstić information content (AvgIpc) is 2.75. The topological polar surface area (TPSA) is 37.8 Å². The Morgan fingerprint density at radius 1 is 1.33 bits per heavy atom. The van der Waals surface area contributed by atoms with Crippen molar-refractivity contribution in [2.45, 2.75) is 32.2 Å². The Hall–Kier alpha value is -1.16. The lowest BCUT2D eigenvalue weighted by molar-refractivity contribution is 0.553. The van der Waals surface area contributed by atoms with E-state index in [0.29, 0.717) is 12.0 Å². The molecule has 3 rings (SSSR count). The van der Waals surface area contributed by atoms with Gasteiger partial charge in [-0.2, -0.15) is 0 Å². The Bertz CT molecular complexity index is 570. The van der Waals surface area contributed by atoms with Crippen LogP contribution in [0.1, 0.15) is 26.2 Å². The molecule has 2 atom stereocenters. The van der Waals surface area contributed by atoms with Gasteiger partial charge in [0.2, 0.25) is 5.95 Å². The zero-order valence-electron chi connectivity index (χ0n) is 10.4. The fourth-order valence-corrected chi connectivity index (χ4v) is 2.98. The van der Waals surface area contributed by atoms with E-state index in [0.717, 1.165) is 21.3 Å². The monoisotopic (exact) mass is 305 g/mol. The van der Waals surface area contributed by atoms with E-state index in [9.17, 15) is 0 Å². The number of rotatable bonds is 2. The second kappa shape index (κ2) is 4.84. The summed E-state index contributed by atoms with van der Waals surface area (Å²) in [5, 5.41) is 4.53. The van der Waals surface area contributed by atoms with E-state index in [-0.39, 0.29) is 0 Å². The molecule has 1 aromatic heterocycles. The number of nitrogens with one attached hydrogen (secondary N) is 1. The molecule has 0 bridgehead atoms. The van der Waals surface area contributed by atoms with Crippen LogP contribution in [0.2, 0.25) is 0 Å². The predicted octanol–water partition coefficient (Wildman–Crippen LogP) is 3.99. The molecule has 1 aromatic carbocycles. The first kappa shape index (κ1) is 11.9. The van der Waals surface area contributed by atoms with E-state index >= 15 is 0 Å². The summed E-state index contributed by atoms with van der Waals surface area (Å²) < 4.78 is 1.06. The average molecular weight is 306 g/mol. The number of halogens is 1. The zero-order chi connectivity index (χ0) is 12.5. The third kappa shape index (κ3) is 2.34. The molecule has 1 aliphatic rings. The SMILES string of the molecule is CC1CCCC1Nc1ncc2cc(Br)ccc2n1. The lowest BCUT2D eigenvalue weighted by atomic mass is 10.1. The van der Waals surface area contributed by atoms with E-state index in [1.54, 1.807) is 0 Å². The van der Waals surface area contributed by atoms with Gasteiger partial charge in [0, 0.05) is 22.1 Å². The third-order valence-corrected chi connectivity index (χ3v) is 4.21. The van der Waals surface area contributed by atoms with Crippen LogP contribution in [0.4, 0.5) is 5.95 Å². The van der Waals surface area contributed by atoms with Gasteiger partial charge in [-0.05, 0) is 37.0 Å². The third-order valence-electron chi connectivity index (χ3n) is 3.72. The Morgan fingerprint density at radius 3 is 3.00 bits per heavy atom. The molecule has 2 unspecified atom stereocenters. The molecule has 0 amide bonds. The lowest BCUT2D eigenvalue weighted by Crippen LogP contribution is -2.23. The summed E-state index contributed by atoms with van der Waals surface area (Å²) in [5.41, 5.74) is 0.987. The maximum Gasteiger partial charge on any atom is 0.223 e. The van der Waals surface area contributed by atoms with E-state index < -0.39 is 0 Å². The van der Waals surface area contributed by atoms with Gasteiger partial charge in [0.1, 0.15) is 0 Å². The Labute approximate surface area is 115 Å². The minimum atomic E-state index is 0.526. The first-order valence-electron chi connectivity index (χ1n) is 6.41. The summed E-state index contributed by atoms with van der Waals surface area (Å²) in [5.74, 6) is 1.47. The fourth-order valence-electron chi connectivity index (χ4n) is 2.60. The van der Waals surface area contributed by atoms with Crippen molar-refractivity contribution in [2.75, 3.05) is 5.32 Å². The molecular weight excluding hydrogens is 290 g/mol. The number of fused-ring (bicyclic) bond motifs is 1. The molecule has 1 aliphatic carbocycles. The van der Waals surface area contributed by atoms with Crippen molar-refractivity contribution in [1.82, 2.24) is 9.97 Å². The quantitative estimate of drug-likeness (QED) is 0.911. The van der Waals surface area contributed by atoms with E-state index in [1.165, 1.54) is 19.3 Å². The minimum Gasteiger partial charge on any atom is -0.351 e. The van der Waals surface area contributed by atoms with Crippen molar-refractivity contribution in [3.63, 3.8) is 0 Å². The molecule has 4 heteroatoms. The van der Waals surface area contributed by atoms with Crippen LogP contribution in [0.3, 0.4) is 0 Å². The Kier molecular flexibility index (Phi) is 3.20. The van der Waals surface area contributed by atoms with Gasteiger partial charge in [0.05, 0.1) is 5.52 Å². The first-order valence-corrected chi connectivity index (χ1v) is 7.20. The number of benzene rings is 1. The second-order valence-corrected chi connectivity index (χ2v) is 5.97. The van der Waals surface area contributed by atoms with Gasteiger partial charge >= 0.3 is 0 Å². The fraction of sp³-hybridized carbons (Fsp3) is 0.429. The molecule has 94 valence electrons. The Balaban J connectivity index is 1.86. The van der Waals surface area contributed by atoms with Crippen molar-refractivity contribution < 1.29 is 0 Å². The number of hydrogen-bond acceptors (Lipinski definition) is 3. The summed E-state index contributed by atoms with van der Waals surface area (Å²) in [7, 11) is 0. The molecule has 1 saturated carbocycles. The maximum atomic E-state index is 4.57. The standard InChI is InChI=1S/C14H16BrN3/c1-9-3-2-4-12(9)17-14-16-8-10-7-11(15)5-6-13(10)18-14/h5-9,12H,2-4H2,1H3,(H,16,17,18). The predicted molar refractivity (Wildman–Crippen MR) is 77.7 cm³/mol. The van der Waals surface area contributed by atoms with Crippen molar-refractivity contribution in [1.29, 1.82) is 0 Å². The van der Waals surface area contributed by atoms with Crippen LogP contribution >= 0.6 is 15.9 Å². The molecule has 3 nitrogen and oxygen atoms in total. The molecule has 1 N–H and O–H groups in total. The molecular formula is C14H16BrN3. The van der Waals surface area contributed by atoms with Crippen LogP contribution in [0.25, 0.3) is 10.9 Å². The van der Waals surface area contributed by atoms with Crippen LogP contribution in [0.5, 0.6) is 0 Å². The van der Waals surface area contributed by atoms with Gasteiger partial charge in [0.15, 0.2) is 0 Å². The molecule has 2 aromatic rings. The highest BCUT2D eigenvalue weighted by Crippen LogP contribution is 2.27. The van der Waals surface area contributed by atoms with Crippen molar-refractivity contribution >= 4 is 32.8 Å². The summed E-state index contributed by atoms with van der Waals surface area (Å²) in [4.78, 5) is 8.97. The summed E-state index contributed by atoms with van der Waals surface area (Å²) in [6.45, 7) is 2.29. The first-order chi connectivity index (χ1) is 8.72. The Morgan fingerprint density at radius 2 is 2.22 bits per heavy atom. The number of nitrogens with zero attached hydrogens (tertiary/aromatic N) is 2. The lowest BCUT2D eigenvalue weighted by Gasteiger charge is -2.17. The van der Waals surface area contributed by atoms with Gasteiger partial charge in [-0.25, -0.2) is 9.97 Å². The van der Waals surface area contributed by atoms with Crippen LogP contribution < -0.4 is 5.32 Å². The van der Waals surface area contributed by atoms with Gasteiger partial charge < -0.3 is 5.32 Å². The number of aromatic nitrogens is 2. The zero-order valence-corrected chi connectivity index (χ0v) is 11.9. The maximum absolute atomic E-state index is 4.57. The molecule has 1 fully saturated rings.